The molecule has 1 aromatic rings. The van der Waals surface area contributed by atoms with Crippen LogP contribution in [0, 0.1) is 5.92 Å². The van der Waals surface area contributed by atoms with Gasteiger partial charge in [-0.05, 0) is 43.7 Å². The highest BCUT2D eigenvalue weighted by Gasteiger charge is 2.38. The molecule has 0 amide bonds. The predicted octanol–water partition coefficient (Wildman–Crippen LogP) is 1.91. The van der Waals surface area contributed by atoms with Crippen LogP contribution in [0.15, 0.2) is 29.2 Å². The smallest absolute Gasteiger partial charge is 0.244 e. The molecule has 0 spiro atoms. The number of benzene rings is 1. The molecule has 0 unspecified atom stereocenters. The van der Waals surface area contributed by atoms with Crippen molar-refractivity contribution in [2.75, 3.05) is 13.7 Å². The summed E-state index contributed by atoms with van der Waals surface area (Å²) in [7, 11) is -2.28. The Bertz CT molecular complexity index is 577. The number of methoxy groups -OCH3 is 1. The second-order valence-corrected chi connectivity index (χ2v) is 7.53. The lowest BCUT2D eigenvalue weighted by molar-refractivity contribution is 0.125. The van der Waals surface area contributed by atoms with Gasteiger partial charge in [0.15, 0.2) is 0 Å². The molecular weight excluding hydrogens is 290 g/mol. The van der Waals surface area contributed by atoms with E-state index in [4.69, 9.17) is 4.74 Å². The van der Waals surface area contributed by atoms with Crippen LogP contribution in [0.1, 0.15) is 32.6 Å². The van der Waals surface area contributed by atoms with Gasteiger partial charge in [-0.15, -0.1) is 0 Å². The van der Waals surface area contributed by atoms with E-state index in [1.165, 1.54) is 13.2 Å². The zero-order valence-corrected chi connectivity index (χ0v) is 13.3. The summed E-state index contributed by atoms with van der Waals surface area (Å²) in [6, 6.07) is 6.51. The number of rotatable bonds is 5. The minimum atomic E-state index is -3.73. The molecule has 2 rings (SSSR count). The summed E-state index contributed by atoms with van der Waals surface area (Å²) in [5.74, 6) is 0.878. The number of nitrogens with one attached hydrogen (secondary N) is 1. The average molecular weight is 313 g/mol. The quantitative estimate of drug-likeness (QED) is 0.871. The Morgan fingerprint density at radius 2 is 1.95 bits per heavy atom. The van der Waals surface area contributed by atoms with Crippen molar-refractivity contribution in [1.82, 2.24) is 4.72 Å². The fourth-order valence-electron chi connectivity index (χ4n) is 2.79. The van der Waals surface area contributed by atoms with Gasteiger partial charge in [-0.2, -0.15) is 0 Å². The molecule has 0 radical (unpaired) electrons. The van der Waals surface area contributed by atoms with Crippen LogP contribution in [0.4, 0.5) is 0 Å². The third kappa shape index (κ3) is 3.56. The summed E-state index contributed by atoms with van der Waals surface area (Å²) >= 11 is 0. The van der Waals surface area contributed by atoms with E-state index in [9.17, 15) is 13.5 Å². The van der Waals surface area contributed by atoms with Gasteiger partial charge in [-0.3, -0.25) is 0 Å². The number of ether oxygens (including phenoxy) is 1. The van der Waals surface area contributed by atoms with Crippen LogP contribution in [0.25, 0.3) is 0 Å². The summed E-state index contributed by atoms with van der Waals surface area (Å²) < 4.78 is 33.1. The van der Waals surface area contributed by atoms with E-state index >= 15 is 0 Å². The molecular formula is C15H23NO4S. The topological polar surface area (TPSA) is 75.6 Å². The highest BCUT2D eigenvalue weighted by atomic mass is 32.2. The van der Waals surface area contributed by atoms with E-state index in [-0.39, 0.29) is 11.5 Å². The van der Waals surface area contributed by atoms with Crippen molar-refractivity contribution in [3.05, 3.63) is 24.3 Å². The molecule has 1 aliphatic rings. The van der Waals surface area contributed by atoms with E-state index in [0.29, 0.717) is 24.5 Å². The second-order valence-electron chi connectivity index (χ2n) is 5.88. The van der Waals surface area contributed by atoms with E-state index < -0.39 is 15.6 Å². The first kappa shape index (κ1) is 16.3. The van der Waals surface area contributed by atoms with Crippen LogP contribution in [-0.4, -0.2) is 32.8 Å². The van der Waals surface area contributed by atoms with Crippen molar-refractivity contribution in [2.45, 2.75) is 43.0 Å². The summed E-state index contributed by atoms with van der Waals surface area (Å²) in [4.78, 5) is 0.110. The Balaban J connectivity index is 2.27. The molecule has 118 valence electrons. The van der Waals surface area contributed by atoms with Gasteiger partial charge in [0.2, 0.25) is 10.0 Å². The lowest BCUT2D eigenvalue weighted by Gasteiger charge is -2.38. The van der Waals surface area contributed by atoms with Gasteiger partial charge in [-0.25, -0.2) is 13.1 Å². The van der Waals surface area contributed by atoms with Gasteiger partial charge < -0.3 is 9.84 Å². The molecule has 21 heavy (non-hydrogen) atoms. The number of hydrogen-bond acceptors (Lipinski definition) is 4. The minimum absolute atomic E-state index is 0.110. The number of aliphatic hydroxyl groups excluding tert-OH is 1. The Hall–Kier alpha value is -1.11. The number of sulfonamides is 1. The summed E-state index contributed by atoms with van der Waals surface area (Å²) in [5, 5.41) is 9.71. The van der Waals surface area contributed by atoms with Crippen LogP contribution >= 0.6 is 0 Å². The molecule has 2 N–H and O–H groups in total. The fourth-order valence-corrected chi connectivity index (χ4v) is 4.41. The zero-order valence-electron chi connectivity index (χ0n) is 12.5. The summed E-state index contributed by atoms with van der Waals surface area (Å²) in [5.41, 5.74) is -0.758. The Kier molecular flexibility index (Phi) is 4.91. The van der Waals surface area contributed by atoms with E-state index in [2.05, 4.69) is 11.6 Å². The summed E-state index contributed by atoms with van der Waals surface area (Å²) in [6.45, 7) is 1.96. The SMILES string of the molecule is COc1ccccc1S(=O)(=O)NC1(CO)CCC(C)CC1. The van der Waals surface area contributed by atoms with Crippen molar-refractivity contribution in [3.63, 3.8) is 0 Å². The molecule has 0 atom stereocenters. The lowest BCUT2D eigenvalue weighted by Crippen LogP contribution is -2.53. The van der Waals surface area contributed by atoms with Gasteiger partial charge in [-0.1, -0.05) is 19.1 Å². The standard InChI is InChI=1S/C15H23NO4S/c1-12-7-9-15(11-17,10-8-12)16-21(18,19)14-6-4-3-5-13(14)20-2/h3-6,12,16-17H,7-11H2,1-2H3. The fraction of sp³-hybridized carbons (Fsp3) is 0.600. The number of hydrogen-bond donors (Lipinski definition) is 2. The Labute approximate surface area is 126 Å². The largest absolute Gasteiger partial charge is 0.495 e. The number of para-hydroxylation sites is 1. The van der Waals surface area contributed by atoms with Crippen LogP contribution in [0.3, 0.4) is 0 Å². The molecule has 1 saturated carbocycles. The van der Waals surface area contributed by atoms with Gasteiger partial charge in [0, 0.05) is 0 Å². The molecule has 1 fully saturated rings. The molecule has 0 aromatic heterocycles. The first-order chi connectivity index (χ1) is 9.92. The highest BCUT2D eigenvalue weighted by molar-refractivity contribution is 7.89. The van der Waals surface area contributed by atoms with E-state index in [0.717, 1.165) is 12.8 Å². The van der Waals surface area contributed by atoms with Gasteiger partial charge in [0.25, 0.3) is 0 Å². The van der Waals surface area contributed by atoms with Crippen molar-refractivity contribution in [2.24, 2.45) is 5.92 Å². The molecule has 1 aromatic carbocycles. The van der Waals surface area contributed by atoms with Crippen LogP contribution < -0.4 is 9.46 Å². The Morgan fingerprint density at radius 3 is 2.52 bits per heavy atom. The molecule has 1 aliphatic carbocycles. The van der Waals surface area contributed by atoms with Gasteiger partial charge in [0.05, 0.1) is 19.3 Å². The highest BCUT2D eigenvalue weighted by Crippen LogP contribution is 2.34. The van der Waals surface area contributed by atoms with Crippen LogP contribution in [-0.2, 0) is 10.0 Å². The minimum Gasteiger partial charge on any atom is -0.495 e. The van der Waals surface area contributed by atoms with E-state index in [1.54, 1.807) is 18.2 Å². The molecule has 0 bridgehead atoms. The molecule has 0 aliphatic heterocycles. The van der Waals surface area contributed by atoms with Crippen molar-refractivity contribution >= 4 is 10.0 Å². The first-order valence-corrected chi connectivity index (χ1v) is 8.69. The Morgan fingerprint density at radius 1 is 1.33 bits per heavy atom. The maximum absolute atomic E-state index is 12.6. The van der Waals surface area contributed by atoms with E-state index in [1.807, 2.05) is 0 Å². The lowest BCUT2D eigenvalue weighted by atomic mass is 9.78. The molecule has 0 heterocycles. The molecule has 5 nitrogen and oxygen atoms in total. The monoisotopic (exact) mass is 313 g/mol. The van der Waals surface area contributed by atoms with Gasteiger partial charge in [0.1, 0.15) is 10.6 Å². The van der Waals surface area contributed by atoms with Crippen molar-refractivity contribution < 1.29 is 18.3 Å². The maximum Gasteiger partial charge on any atom is 0.244 e. The maximum atomic E-state index is 12.6. The third-order valence-electron chi connectivity index (χ3n) is 4.24. The predicted molar refractivity (Wildman–Crippen MR) is 80.8 cm³/mol. The molecule has 0 saturated heterocycles. The molecule has 6 heteroatoms. The normalized spacial score (nSPS) is 26.5. The van der Waals surface area contributed by atoms with Crippen molar-refractivity contribution in [1.29, 1.82) is 0 Å². The van der Waals surface area contributed by atoms with Gasteiger partial charge >= 0.3 is 0 Å². The second kappa shape index (κ2) is 6.34. The number of aliphatic hydroxyl groups is 1. The third-order valence-corrected chi connectivity index (χ3v) is 5.86. The summed E-state index contributed by atoms with van der Waals surface area (Å²) in [6.07, 6.45) is 3.13. The first-order valence-electron chi connectivity index (χ1n) is 7.20. The van der Waals surface area contributed by atoms with Crippen LogP contribution in [0.2, 0.25) is 0 Å². The van der Waals surface area contributed by atoms with Crippen molar-refractivity contribution in [3.8, 4) is 5.75 Å². The van der Waals surface area contributed by atoms with Crippen LogP contribution in [0.5, 0.6) is 5.75 Å². The average Bonchev–Trinajstić information content (AvgIpc) is 2.49. The zero-order chi connectivity index (χ0) is 15.5.